The Morgan fingerprint density at radius 1 is 1.12 bits per heavy atom. The van der Waals surface area contributed by atoms with E-state index in [0.29, 0.717) is 28.9 Å². The van der Waals surface area contributed by atoms with Crippen LogP contribution in [0.3, 0.4) is 0 Å². The molecule has 0 radical (unpaired) electrons. The van der Waals surface area contributed by atoms with Crippen molar-refractivity contribution in [2.45, 2.75) is 37.6 Å². The summed E-state index contributed by atoms with van der Waals surface area (Å²) >= 11 is 0. The first-order valence-corrected chi connectivity index (χ1v) is 10.3. The van der Waals surface area contributed by atoms with E-state index in [1.807, 2.05) is 13.0 Å². The number of nitrogens with one attached hydrogen (secondary N) is 1. The second-order valence-electron chi connectivity index (χ2n) is 7.12. The quantitative estimate of drug-likeness (QED) is 0.871. The van der Waals surface area contributed by atoms with Crippen molar-refractivity contribution < 1.29 is 17.6 Å². The van der Waals surface area contributed by atoms with Gasteiger partial charge in [-0.05, 0) is 74.1 Å². The fourth-order valence-electron chi connectivity index (χ4n) is 3.34. The van der Waals surface area contributed by atoms with Crippen molar-refractivity contribution in [3.8, 4) is 0 Å². The molecule has 6 heteroatoms. The molecule has 4 nitrogen and oxygen atoms in total. The van der Waals surface area contributed by atoms with Gasteiger partial charge < -0.3 is 5.32 Å². The molecule has 0 aromatic heterocycles. The fraction of sp³-hybridized carbons (Fsp3) is 0.350. The summed E-state index contributed by atoms with van der Waals surface area (Å²) in [5.74, 6) is -0.648. The summed E-state index contributed by atoms with van der Waals surface area (Å²) in [5.41, 5.74) is 1.89. The van der Waals surface area contributed by atoms with Crippen LogP contribution in [0.5, 0.6) is 0 Å². The van der Waals surface area contributed by atoms with E-state index >= 15 is 0 Å². The molecule has 0 aliphatic heterocycles. The van der Waals surface area contributed by atoms with E-state index in [-0.39, 0.29) is 23.6 Å². The van der Waals surface area contributed by atoms with Crippen molar-refractivity contribution in [1.82, 2.24) is 5.32 Å². The van der Waals surface area contributed by atoms with E-state index in [1.165, 1.54) is 12.1 Å². The van der Waals surface area contributed by atoms with E-state index in [4.69, 9.17) is 0 Å². The Bertz CT molecular complexity index is 914. The van der Waals surface area contributed by atoms with Crippen molar-refractivity contribution in [2.24, 2.45) is 5.92 Å². The third-order valence-electron chi connectivity index (χ3n) is 4.68. The van der Waals surface area contributed by atoms with E-state index in [2.05, 4.69) is 5.32 Å². The van der Waals surface area contributed by atoms with Crippen LogP contribution in [-0.2, 0) is 9.84 Å². The first-order chi connectivity index (χ1) is 12.2. The molecular weight excluding hydrogens is 353 g/mol. The van der Waals surface area contributed by atoms with Gasteiger partial charge in [0.15, 0.2) is 9.84 Å². The minimum absolute atomic E-state index is 0.0278. The zero-order valence-corrected chi connectivity index (χ0v) is 15.6. The average molecular weight is 375 g/mol. The molecule has 2 aromatic carbocycles. The third kappa shape index (κ3) is 4.30. The monoisotopic (exact) mass is 375 g/mol. The van der Waals surface area contributed by atoms with Gasteiger partial charge in [0.2, 0.25) is 0 Å². The molecule has 2 aromatic rings. The first-order valence-electron chi connectivity index (χ1n) is 8.60. The topological polar surface area (TPSA) is 63.2 Å². The van der Waals surface area contributed by atoms with Gasteiger partial charge >= 0.3 is 0 Å². The highest BCUT2D eigenvalue weighted by atomic mass is 32.2. The van der Waals surface area contributed by atoms with Gasteiger partial charge in [0.1, 0.15) is 5.82 Å². The number of amides is 1. The van der Waals surface area contributed by atoms with Crippen LogP contribution in [0.25, 0.3) is 0 Å². The van der Waals surface area contributed by atoms with Crippen molar-refractivity contribution in [2.75, 3.05) is 5.75 Å². The van der Waals surface area contributed by atoms with Gasteiger partial charge in [-0.3, -0.25) is 4.79 Å². The summed E-state index contributed by atoms with van der Waals surface area (Å²) < 4.78 is 38.4. The van der Waals surface area contributed by atoms with E-state index in [1.54, 1.807) is 31.2 Å². The molecule has 26 heavy (non-hydrogen) atoms. The number of aryl methyl sites for hydroxylation is 2. The molecule has 1 aliphatic rings. The number of carbonyl (C=O) groups excluding carboxylic acids is 1. The van der Waals surface area contributed by atoms with Crippen LogP contribution in [-0.4, -0.2) is 26.1 Å². The standard InChI is InChI=1S/C20H22FNO3S/c1-13-4-3-5-19(8-13)26(24,25)12-15-9-18(10-15)22-20(23)16-6-14(2)7-17(21)11-16/h3-8,11,15,18H,9-10,12H2,1-2H3,(H,22,23). The number of benzene rings is 2. The number of sulfone groups is 1. The Balaban J connectivity index is 1.55. The molecule has 1 aliphatic carbocycles. The van der Waals surface area contributed by atoms with Crippen LogP contribution in [0.15, 0.2) is 47.4 Å². The average Bonchev–Trinajstić information content (AvgIpc) is 2.51. The van der Waals surface area contributed by atoms with Crippen LogP contribution in [0, 0.1) is 25.6 Å². The summed E-state index contributed by atoms with van der Waals surface area (Å²) in [7, 11) is -3.32. The van der Waals surface area contributed by atoms with Crippen LogP contribution < -0.4 is 5.32 Å². The van der Waals surface area contributed by atoms with Gasteiger partial charge in [-0.25, -0.2) is 12.8 Å². The summed E-state index contributed by atoms with van der Waals surface area (Å²) in [5, 5.41) is 2.85. The lowest BCUT2D eigenvalue weighted by Gasteiger charge is -2.35. The van der Waals surface area contributed by atoms with Crippen molar-refractivity contribution in [1.29, 1.82) is 0 Å². The van der Waals surface area contributed by atoms with Gasteiger partial charge in [-0.2, -0.15) is 0 Å². The first kappa shape index (κ1) is 18.6. The molecule has 0 bridgehead atoms. The van der Waals surface area contributed by atoms with Gasteiger partial charge in [-0.15, -0.1) is 0 Å². The van der Waals surface area contributed by atoms with Crippen molar-refractivity contribution in [3.05, 3.63) is 65.0 Å². The van der Waals surface area contributed by atoms with Crippen LogP contribution in [0.4, 0.5) is 4.39 Å². The Labute approximate surface area is 153 Å². The summed E-state index contributed by atoms with van der Waals surface area (Å²) in [6.07, 6.45) is 1.23. The minimum Gasteiger partial charge on any atom is -0.349 e. The second kappa shape index (κ2) is 7.19. The summed E-state index contributed by atoms with van der Waals surface area (Å²) in [4.78, 5) is 12.6. The second-order valence-corrected chi connectivity index (χ2v) is 9.16. The Hall–Kier alpha value is -2.21. The van der Waals surface area contributed by atoms with Crippen molar-refractivity contribution >= 4 is 15.7 Å². The zero-order valence-electron chi connectivity index (χ0n) is 14.8. The maximum atomic E-state index is 13.4. The van der Waals surface area contributed by atoms with Crippen LogP contribution in [0.1, 0.15) is 34.3 Å². The van der Waals surface area contributed by atoms with E-state index < -0.39 is 15.7 Å². The van der Waals surface area contributed by atoms with Gasteiger partial charge in [0.05, 0.1) is 10.6 Å². The van der Waals surface area contributed by atoms with Crippen LogP contribution >= 0.6 is 0 Å². The SMILES string of the molecule is Cc1cc(F)cc(C(=O)NC2CC(CS(=O)(=O)c3cccc(C)c3)C2)c1. The highest BCUT2D eigenvalue weighted by Gasteiger charge is 2.34. The highest BCUT2D eigenvalue weighted by Crippen LogP contribution is 2.31. The van der Waals surface area contributed by atoms with Gasteiger partial charge in [0, 0.05) is 11.6 Å². The normalized spacial score (nSPS) is 19.7. The summed E-state index contributed by atoms with van der Waals surface area (Å²) in [6.45, 7) is 3.59. The number of rotatable bonds is 5. The predicted octanol–water partition coefficient (Wildman–Crippen LogP) is 3.42. The number of halogens is 1. The zero-order chi connectivity index (χ0) is 18.9. The molecule has 0 unspecified atom stereocenters. The number of hydrogen-bond donors (Lipinski definition) is 1. The van der Waals surface area contributed by atoms with E-state index in [0.717, 1.165) is 5.56 Å². The number of hydrogen-bond acceptors (Lipinski definition) is 3. The third-order valence-corrected chi connectivity index (χ3v) is 6.56. The molecule has 1 amide bonds. The van der Waals surface area contributed by atoms with Crippen LogP contribution in [0.2, 0.25) is 0 Å². The Morgan fingerprint density at radius 2 is 1.85 bits per heavy atom. The maximum absolute atomic E-state index is 13.4. The lowest BCUT2D eigenvalue weighted by atomic mass is 9.81. The predicted molar refractivity (Wildman–Crippen MR) is 98.3 cm³/mol. The van der Waals surface area contributed by atoms with Gasteiger partial charge in [-0.1, -0.05) is 12.1 Å². The lowest BCUT2D eigenvalue weighted by molar-refractivity contribution is 0.0896. The number of carbonyl (C=O) groups is 1. The van der Waals surface area contributed by atoms with E-state index in [9.17, 15) is 17.6 Å². The molecule has 0 heterocycles. The maximum Gasteiger partial charge on any atom is 0.251 e. The van der Waals surface area contributed by atoms with Crippen molar-refractivity contribution in [3.63, 3.8) is 0 Å². The minimum atomic E-state index is -3.32. The molecule has 0 spiro atoms. The largest absolute Gasteiger partial charge is 0.349 e. The Kier molecular flexibility index (Phi) is 5.14. The smallest absolute Gasteiger partial charge is 0.251 e. The molecule has 0 atom stereocenters. The molecule has 1 saturated carbocycles. The fourth-order valence-corrected chi connectivity index (χ4v) is 5.08. The molecule has 1 N–H and O–H groups in total. The molecule has 1 fully saturated rings. The molecule has 138 valence electrons. The van der Waals surface area contributed by atoms with Gasteiger partial charge in [0.25, 0.3) is 5.91 Å². The molecular formula is C20H22FNO3S. The summed E-state index contributed by atoms with van der Waals surface area (Å²) in [6, 6.07) is 11.1. The molecule has 3 rings (SSSR count). The lowest BCUT2D eigenvalue weighted by Crippen LogP contribution is -2.46. The molecule has 0 saturated heterocycles. The highest BCUT2D eigenvalue weighted by molar-refractivity contribution is 7.91. The Morgan fingerprint density at radius 3 is 2.50 bits per heavy atom.